The van der Waals surface area contributed by atoms with E-state index in [1.165, 1.54) is 7.11 Å². The molecular formula is C25H24N2O4. The number of H-pyrrole nitrogens is 1. The van der Waals surface area contributed by atoms with Crippen LogP contribution in [0.1, 0.15) is 45.8 Å². The molecule has 1 atom stereocenters. The minimum absolute atomic E-state index is 0.153. The Balaban J connectivity index is 1.79. The number of hydrogen-bond acceptors (Lipinski definition) is 4. The molecule has 2 heterocycles. The van der Waals surface area contributed by atoms with E-state index in [4.69, 9.17) is 4.74 Å². The third-order valence-electron chi connectivity index (χ3n) is 5.50. The maximum absolute atomic E-state index is 13.0. The van der Waals surface area contributed by atoms with Crippen LogP contribution in [-0.2, 0) is 16.0 Å². The van der Waals surface area contributed by atoms with E-state index in [9.17, 15) is 14.4 Å². The second-order valence-electron chi connectivity index (χ2n) is 7.93. The summed E-state index contributed by atoms with van der Waals surface area (Å²) in [5.41, 5.74) is 3.24. The molecule has 0 saturated heterocycles. The molecule has 158 valence electrons. The maximum Gasteiger partial charge on any atom is 0.329 e. The molecule has 3 aromatic rings. The van der Waals surface area contributed by atoms with Gasteiger partial charge in [-0.3, -0.25) is 14.5 Å². The molecular weight excluding hydrogens is 392 g/mol. The lowest BCUT2D eigenvalue weighted by Gasteiger charge is -2.24. The topological polar surface area (TPSA) is 79.5 Å². The number of ether oxygens (including phenoxy) is 1. The van der Waals surface area contributed by atoms with Gasteiger partial charge in [-0.2, -0.15) is 0 Å². The molecule has 0 saturated carbocycles. The van der Waals surface area contributed by atoms with Gasteiger partial charge < -0.3 is 9.72 Å². The Kier molecular flexibility index (Phi) is 5.46. The number of methoxy groups -OCH3 is 1. The van der Waals surface area contributed by atoms with Gasteiger partial charge in [0.2, 0.25) is 0 Å². The number of carbonyl (C=O) groups excluding carboxylic acids is 3. The Hall–Kier alpha value is -3.67. The first-order valence-electron chi connectivity index (χ1n) is 10.2. The normalized spacial score (nSPS) is 14.6. The molecule has 0 spiro atoms. The molecule has 6 heteroatoms. The molecule has 0 unspecified atom stereocenters. The van der Waals surface area contributed by atoms with Crippen molar-refractivity contribution in [3.8, 4) is 0 Å². The third kappa shape index (κ3) is 3.65. The second kappa shape index (κ2) is 8.22. The zero-order chi connectivity index (χ0) is 22.1. The number of amides is 2. The number of para-hydroxylation sites is 1. The van der Waals surface area contributed by atoms with Crippen molar-refractivity contribution in [2.24, 2.45) is 5.92 Å². The lowest BCUT2D eigenvalue weighted by atomic mass is 10.00. The van der Waals surface area contributed by atoms with Crippen LogP contribution < -0.4 is 0 Å². The molecule has 0 bridgehead atoms. The van der Waals surface area contributed by atoms with Crippen LogP contribution in [-0.4, -0.2) is 40.8 Å². The SMILES string of the molecule is COC(=O)[C@H](Cc1c(/C=C/C(C)C)[nH]c2ccccc12)N1C(=O)c2ccccc2C1=O. The van der Waals surface area contributed by atoms with Crippen LogP contribution in [0.5, 0.6) is 0 Å². The number of imide groups is 1. The number of carbonyl (C=O) groups is 3. The van der Waals surface area contributed by atoms with Gasteiger partial charge in [0.15, 0.2) is 0 Å². The molecule has 2 amide bonds. The number of nitrogens with zero attached hydrogens (tertiary/aromatic N) is 1. The summed E-state index contributed by atoms with van der Waals surface area (Å²) in [6, 6.07) is 13.3. The van der Waals surface area contributed by atoms with E-state index in [0.29, 0.717) is 17.0 Å². The zero-order valence-electron chi connectivity index (χ0n) is 17.7. The fourth-order valence-corrected chi connectivity index (χ4v) is 3.97. The first kappa shape index (κ1) is 20.6. The Morgan fingerprint density at radius 2 is 1.65 bits per heavy atom. The molecule has 4 rings (SSSR count). The largest absolute Gasteiger partial charge is 0.467 e. The summed E-state index contributed by atoms with van der Waals surface area (Å²) >= 11 is 0. The van der Waals surface area contributed by atoms with Crippen molar-refractivity contribution in [1.29, 1.82) is 0 Å². The van der Waals surface area contributed by atoms with Crippen LogP contribution in [0.25, 0.3) is 17.0 Å². The van der Waals surface area contributed by atoms with E-state index in [-0.39, 0.29) is 6.42 Å². The summed E-state index contributed by atoms with van der Waals surface area (Å²) in [4.78, 5) is 43.3. The van der Waals surface area contributed by atoms with Gasteiger partial charge in [-0.25, -0.2) is 4.79 Å². The van der Waals surface area contributed by atoms with Crippen molar-refractivity contribution < 1.29 is 19.1 Å². The standard InChI is InChI=1S/C25H24N2O4/c1-15(2)12-13-21-19(16-8-6-7-11-20(16)26-21)14-22(25(30)31-3)27-23(28)17-9-4-5-10-18(17)24(27)29/h4-13,15,22,26H,14H2,1-3H3/b13-12+/t22-/m0/s1. The molecule has 1 aliphatic rings. The Morgan fingerprint density at radius 3 is 2.26 bits per heavy atom. The summed E-state index contributed by atoms with van der Waals surface area (Å²) in [7, 11) is 1.27. The van der Waals surface area contributed by atoms with E-state index in [2.05, 4.69) is 24.9 Å². The average Bonchev–Trinajstić information content (AvgIpc) is 3.25. The summed E-state index contributed by atoms with van der Waals surface area (Å²) in [5.74, 6) is -1.24. The molecule has 31 heavy (non-hydrogen) atoms. The van der Waals surface area contributed by atoms with Gasteiger partial charge in [0, 0.05) is 23.0 Å². The minimum Gasteiger partial charge on any atom is -0.467 e. The second-order valence-corrected chi connectivity index (χ2v) is 7.93. The fraction of sp³-hybridized carbons (Fsp3) is 0.240. The molecule has 1 aromatic heterocycles. The summed E-state index contributed by atoms with van der Waals surface area (Å²) in [6.45, 7) is 4.16. The molecule has 0 aliphatic carbocycles. The van der Waals surface area contributed by atoms with Gasteiger partial charge in [0.05, 0.1) is 18.2 Å². The lowest BCUT2D eigenvalue weighted by molar-refractivity contribution is -0.145. The highest BCUT2D eigenvalue weighted by atomic mass is 16.5. The van der Waals surface area contributed by atoms with Crippen LogP contribution in [0.3, 0.4) is 0 Å². The van der Waals surface area contributed by atoms with Crippen molar-refractivity contribution in [2.75, 3.05) is 7.11 Å². The van der Waals surface area contributed by atoms with Gasteiger partial charge >= 0.3 is 5.97 Å². The van der Waals surface area contributed by atoms with Gasteiger partial charge in [0.1, 0.15) is 6.04 Å². The number of rotatable bonds is 6. The smallest absolute Gasteiger partial charge is 0.329 e. The van der Waals surface area contributed by atoms with Crippen LogP contribution >= 0.6 is 0 Å². The van der Waals surface area contributed by atoms with Gasteiger partial charge in [-0.05, 0) is 35.8 Å². The summed E-state index contributed by atoms with van der Waals surface area (Å²) in [5, 5.41) is 0.941. The Labute approximate surface area is 180 Å². The molecule has 2 aromatic carbocycles. The Bertz CT molecular complexity index is 1170. The highest BCUT2D eigenvalue weighted by molar-refractivity contribution is 6.22. The average molecular weight is 416 g/mol. The number of aromatic nitrogens is 1. The lowest BCUT2D eigenvalue weighted by Crippen LogP contribution is -2.46. The van der Waals surface area contributed by atoms with E-state index >= 15 is 0 Å². The number of benzene rings is 2. The molecule has 1 aliphatic heterocycles. The number of hydrogen-bond donors (Lipinski definition) is 1. The van der Waals surface area contributed by atoms with Crippen molar-refractivity contribution >= 4 is 34.8 Å². The van der Waals surface area contributed by atoms with Crippen molar-refractivity contribution in [1.82, 2.24) is 9.88 Å². The minimum atomic E-state index is -1.07. The van der Waals surface area contributed by atoms with Gasteiger partial charge in [-0.15, -0.1) is 0 Å². The maximum atomic E-state index is 13.0. The number of nitrogens with one attached hydrogen (secondary N) is 1. The monoisotopic (exact) mass is 416 g/mol. The summed E-state index contributed by atoms with van der Waals surface area (Å²) < 4.78 is 5.01. The quantitative estimate of drug-likeness (QED) is 0.482. The van der Waals surface area contributed by atoms with Gasteiger partial charge in [-0.1, -0.05) is 50.3 Å². The molecule has 0 fully saturated rings. The number of esters is 1. The predicted octanol–water partition coefficient (Wildman–Crippen LogP) is 4.22. The molecule has 6 nitrogen and oxygen atoms in total. The third-order valence-corrected chi connectivity index (χ3v) is 5.50. The summed E-state index contributed by atoms with van der Waals surface area (Å²) in [6.07, 6.45) is 4.19. The Morgan fingerprint density at radius 1 is 1.03 bits per heavy atom. The first-order valence-corrected chi connectivity index (χ1v) is 10.2. The van der Waals surface area contributed by atoms with Gasteiger partial charge in [0.25, 0.3) is 11.8 Å². The van der Waals surface area contributed by atoms with Crippen LogP contribution in [0, 0.1) is 5.92 Å². The van der Waals surface area contributed by atoms with Crippen molar-refractivity contribution in [3.63, 3.8) is 0 Å². The zero-order valence-corrected chi connectivity index (χ0v) is 17.7. The van der Waals surface area contributed by atoms with E-state index in [0.717, 1.165) is 27.1 Å². The van der Waals surface area contributed by atoms with E-state index < -0.39 is 23.8 Å². The highest BCUT2D eigenvalue weighted by Crippen LogP contribution is 2.30. The van der Waals surface area contributed by atoms with Crippen molar-refractivity contribution in [2.45, 2.75) is 26.3 Å². The molecule has 0 radical (unpaired) electrons. The van der Waals surface area contributed by atoms with E-state index in [1.807, 2.05) is 30.3 Å². The predicted molar refractivity (Wildman–Crippen MR) is 119 cm³/mol. The number of aromatic amines is 1. The van der Waals surface area contributed by atoms with Crippen molar-refractivity contribution in [3.05, 3.63) is 77.0 Å². The van der Waals surface area contributed by atoms with Crippen LogP contribution in [0.2, 0.25) is 0 Å². The highest BCUT2D eigenvalue weighted by Gasteiger charge is 2.43. The fourth-order valence-electron chi connectivity index (χ4n) is 3.97. The van der Waals surface area contributed by atoms with Crippen LogP contribution in [0.4, 0.5) is 0 Å². The molecule has 1 N–H and O–H groups in total. The first-order chi connectivity index (χ1) is 14.9. The number of allylic oxidation sites excluding steroid dienone is 1. The van der Waals surface area contributed by atoms with Crippen LogP contribution in [0.15, 0.2) is 54.6 Å². The number of fused-ring (bicyclic) bond motifs is 2. The van der Waals surface area contributed by atoms with E-state index in [1.54, 1.807) is 24.3 Å².